The minimum Gasteiger partial charge on any atom is -0.392 e. The van der Waals surface area contributed by atoms with Gasteiger partial charge in [-0.15, -0.1) is 0 Å². The third-order valence-corrected chi connectivity index (χ3v) is 1.54. The highest BCUT2D eigenvalue weighted by atomic mass is 79.9. The summed E-state index contributed by atoms with van der Waals surface area (Å²) in [6.45, 7) is 0. The van der Waals surface area contributed by atoms with Crippen LogP contribution >= 0.6 is 15.9 Å². The molecule has 0 amide bonds. The van der Waals surface area contributed by atoms with Gasteiger partial charge < -0.3 is 4.84 Å². The van der Waals surface area contributed by atoms with Gasteiger partial charge in [-0.05, 0) is 6.42 Å². The Morgan fingerprint density at radius 2 is 2.75 bits per heavy atom. The molecule has 0 radical (unpaired) electrons. The molecule has 0 aromatic heterocycles. The van der Waals surface area contributed by atoms with Crippen LogP contribution in [0.3, 0.4) is 0 Å². The summed E-state index contributed by atoms with van der Waals surface area (Å²) in [6, 6.07) is 0. The zero-order valence-corrected chi connectivity index (χ0v) is 6.10. The Morgan fingerprint density at radius 3 is 3.25 bits per heavy atom. The molecule has 1 aliphatic rings. The van der Waals surface area contributed by atoms with E-state index in [1.807, 2.05) is 6.21 Å². The molecule has 8 heavy (non-hydrogen) atoms. The molecule has 2 nitrogen and oxygen atoms in total. The van der Waals surface area contributed by atoms with E-state index in [0.29, 0.717) is 6.10 Å². The summed E-state index contributed by atoms with van der Waals surface area (Å²) in [5, 5.41) is 4.64. The molecular formula is C5H8BrNO. The Labute approximate surface area is 57.0 Å². The van der Waals surface area contributed by atoms with Crippen molar-refractivity contribution in [1.29, 1.82) is 0 Å². The van der Waals surface area contributed by atoms with Gasteiger partial charge in [-0.25, -0.2) is 0 Å². The van der Waals surface area contributed by atoms with Crippen LogP contribution in [0.1, 0.15) is 12.8 Å². The van der Waals surface area contributed by atoms with Gasteiger partial charge in [0.25, 0.3) is 0 Å². The Balaban J connectivity index is 2.10. The number of rotatable bonds is 2. The van der Waals surface area contributed by atoms with Crippen LogP contribution in [0, 0.1) is 0 Å². The normalized spacial score (nSPS) is 25.9. The van der Waals surface area contributed by atoms with Gasteiger partial charge in [0.2, 0.25) is 0 Å². The molecule has 0 aromatic carbocycles. The van der Waals surface area contributed by atoms with Crippen LogP contribution in [0.2, 0.25) is 0 Å². The van der Waals surface area contributed by atoms with Crippen LogP contribution in [-0.4, -0.2) is 17.6 Å². The molecule has 0 spiro atoms. The minimum absolute atomic E-state index is 0.342. The maximum absolute atomic E-state index is 4.93. The van der Waals surface area contributed by atoms with Crippen molar-refractivity contribution >= 4 is 22.1 Å². The fourth-order valence-corrected chi connectivity index (χ4v) is 1.14. The van der Waals surface area contributed by atoms with Crippen molar-refractivity contribution in [1.82, 2.24) is 0 Å². The van der Waals surface area contributed by atoms with Crippen molar-refractivity contribution in [2.75, 3.05) is 5.33 Å². The molecule has 46 valence electrons. The molecule has 1 rings (SSSR count). The monoisotopic (exact) mass is 177 g/mol. The van der Waals surface area contributed by atoms with Crippen molar-refractivity contribution in [2.24, 2.45) is 5.16 Å². The molecular weight excluding hydrogens is 170 g/mol. The highest BCUT2D eigenvalue weighted by molar-refractivity contribution is 9.09. The molecule has 3 heteroatoms. The summed E-state index contributed by atoms with van der Waals surface area (Å²) < 4.78 is 0. The smallest absolute Gasteiger partial charge is 0.133 e. The maximum Gasteiger partial charge on any atom is 0.133 e. The number of alkyl halides is 1. The lowest BCUT2D eigenvalue weighted by atomic mass is 10.2. The van der Waals surface area contributed by atoms with Crippen molar-refractivity contribution in [2.45, 2.75) is 18.9 Å². The quantitative estimate of drug-likeness (QED) is 0.587. The summed E-state index contributed by atoms with van der Waals surface area (Å²) in [6.07, 6.45) is 4.19. The van der Waals surface area contributed by atoms with E-state index in [1.165, 1.54) is 0 Å². The first-order chi connectivity index (χ1) is 3.93. The Morgan fingerprint density at radius 1 is 1.88 bits per heavy atom. The van der Waals surface area contributed by atoms with E-state index in [9.17, 15) is 0 Å². The number of hydrogen-bond acceptors (Lipinski definition) is 2. The van der Waals surface area contributed by atoms with Gasteiger partial charge in [-0.3, -0.25) is 0 Å². The molecule has 0 aromatic rings. The number of hydrogen-bond donors (Lipinski definition) is 0. The second-order valence-corrected chi connectivity index (χ2v) is 2.52. The summed E-state index contributed by atoms with van der Waals surface area (Å²) in [5.74, 6) is 0. The lowest BCUT2D eigenvalue weighted by Gasteiger charge is -2.02. The standard InChI is InChI=1S/C5H8BrNO/c6-3-1-5-2-4-7-8-5/h4-5H,1-3H2. The van der Waals surface area contributed by atoms with E-state index >= 15 is 0 Å². The lowest BCUT2D eigenvalue weighted by molar-refractivity contribution is 0.0840. The average molecular weight is 178 g/mol. The molecule has 0 fully saturated rings. The number of oxime groups is 1. The van der Waals surface area contributed by atoms with Crippen LogP contribution in [0.15, 0.2) is 5.16 Å². The number of halogens is 1. The predicted molar refractivity (Wildman–Crippen MR) is 36.4 cm³/mol. The van der Waals surface area contributed by atoms with E-state index in [2.05, 4.69) is 21.1 Å². The Hall–Kier alpha value is -0.0500. The highest BCUT2D eigenvalue weighted by Gasteiger charge is 2.10. The van der Waals surface area contributed by atoms with Gasteiger partial charge in [0, 0.05) is 18.0 Å². The van der Waals surface area contributed by atoms with Gasteiger partial charge in [0.05, 0.1) is 0 Å². The molecule has 0 saturated heterocycles. The van der Waals surface area contributed by atoms with Gasteiger partial charge in [0.15, 0.2) is 0 Å². The van der Waals surface area contributed by atoms with Gasteiger partial charge in [-0.2, -0.15) is 0 Å². The topological polar surface area (TPSA) is 21.6 Å². The van der Waals surface area contributed by atoms with Crippen molar-refractivity contribution in [3.05, 3.63) is 0 Å². The second-order valence-electron chi connectivity index (χ2n) is 1.73. The van der Waals surface area contributed by atoms with Gasteiger partial charge in [-0.1, -0.05) is 21.1 Å². The van der Waals surface area contributed by atoms with Crippen LogP contribution in [0.5, 0.6) is 0 Å². The Kier molecular flexibility index (Phi) is 2.33. The van der Waals surface area contributed by atoms with Crippen LogP contribution in [0.4, 0.5) is 0 Å². The first-order valence-electron chi connectivity index (χ1n) is 2.67. The third-order valence-electron chi connectivity index (χ3n) is 1.08. The van der Waals surface area contributed by atoms with Crippen molar-refractivity contribution in [3.8, 4) is 0 Å². The zero-order chi connectivity index (χ0) is 5.82. The van der Waals surface area contributed by atoms with Gasteiger partial charge in [0.1, 0.15) is 6.10 Å². The van der Waals surface area contributed by atoms with Crippen LogP contribution in [-0.2, 0) is 4.84 Å². The van der Waals surface area contributed by atoms with Crippen LogP contribution in [0.25, 0.3) is 0 Å². The first kappa shape index (κ1) is 6.08. The molecule has 0 N–H and O–H groups in total. The van der Waals surface area contributed by atoms with E-state index in [4.69, 9.17) is 4.84 Å². The molecule has 0 aliphatic carbocycles. The summed E-state index contributed by atoms with van der Waals surface area (Å²) in [4.78, 5) is 4.93. The van der Waals surface area contributed by atoms with E-state index in [1.54, 1.807) is 0 Å². The summed E-state index contributed by atoms with van der Waals surface area (Å²) in [7, 11) is 0. The molecule has 1 atom stereocenters. The molecule has 0 saturated carbocycles. The first-order valence-corrected chi connectivity index (χ1v) is 3.79. The van der Waals surface area contributed by atoms with Crippen molar-refractivity contribution < 1.29 is 4.84 Å². The third kappa shape index (κ3) is 1.47. The summed E-state index contributed by atoms with van der Waals surface area (Å²) >= 11 is 3.32. The van der Waals surface area contributed by atoms with E-state index in [-0.39, 0.29) is 0 Å². The predicted octanol–water partition coefficient (Wildman–Crippen LogP) is 1.55. The molecule has 1 unspecified atom stereocenters. The maximum atomic E-state index is 4.93. The largest absolute Gasteiger partial charge is 0.392 e. The Bertz CT molecular complexity index is 86.4. The van der Waals surface area contributed by atoms with Gasteiger partial charge >= 0.3 is 0 Å². The van der Waals surface area contributed by atoms with E-state index < -0.39 is 0 Å². The van der Waals surface area contributed by atoms with Crippen LogP contribution < -0.4 is 0 Å². The van der Waals surface area contributed by atoms with Crippen molar-refractivity contribution in [3.63, 3.8) is 0 Å². The molecule has 0 bridgehead atoms. The van der Waals surface area contributed by atoms with E-state index in [0.717, 1.165) is 18.2 Å². The molecule has 1 aliphatic heterocycles. The fraction of sp³-hybridized carbons (Fsp3) is 0.800. The SMILES string of the molecule is BrCCC1CC=NO1. The average Bonchev–Trinajstić information content (AvgIpc) is 2.19. The lowest BCUT2D eigenvalue weighted by Crippen LogP contribution is -2.04. The minimum atomic E-state index is 0.342. The highest BCUT2D eigenvalue weighted by Crippen LogP contribution is 2.09. The molecule has 1 heterocycles. The summed E-state index contributed by atoms with van der Waals surface area (Å²) in [5.41, 5.74) is 0. The second kappa shape index (κ2) is 3.07. The fourth-order valence-electron chi connectivity index (χ4n) is 0.625. The number of nitrogens with zero attached hydrogens (tertiary/aromatic N) is 1. The zero-order valence-electron chi connectivity index (χ0n) is 4.51.